The van der Waals surface area contributed by atoms with Gasteiger partial charge in [0.2, 0.25) is 0 Å². The van der Waals surface area contributed by atoms with Crippen LogP contribution in [0.3, 0.4) is 0 Å². The van der Waals surface area contributed by atoms with Crippen LogP contribution < -0.4 is 4.74 Å². The van der Waals surface area contributed by atoms with E-state index in [2.05, 4.69) is 114 Å². The van der Waals surface area contributed by atoms with Crippen molar-refractivity contribution in [3.8, 4) is 5.75 Å². The molecule has 5 rings (SSSR count). The molecule has 0 saturated heterocycles. The van der Waals surface area contributed by atoms with Gasteiger partial charge in [0.1, 0.15) is 11.3 Å². The quantitative estimate of drug-likeness (QED) is 0.225. The summed E-state index contributed by atoms with van der Waals surface area (Å²) in [7, 11) is 1.70. The fourth-order valence-corrected chi connectivity index (χ4v) is 4.93. The van der Waals surface area contributed by atoms with Crippen LogP contribution in [0.15, 0.2) is 128 Å². The van der Waals surface area contributed by atoms with Gasteiger partial charge in [-0.3, -0.25) is 0 Å². The average Bonchev–Trinajstić information content (AvgIpc) is 3.40. The van der Waals surface area contributed by atoms with Crippen molar-refractivity contribution in [2.45, 2.75) is 24.8 Å². The Labute approximate surface area is 207 Å². The molecule has 0 bridgehead atoms. The predicted molar refractivity (Wildman–Crippen MR) is 142 cm³/mol. The van der Waals surface area contributed by atoms with Crippen molar-refractivity contribution >= 4 is 0 Å². The third-order valence-electron chi connectivity index (χ3n) is 6.66. The molecule has 3 heteroatoms. The number of ether oxygens (including phenoxy) is 1. The van der Waals surface area contributed by atoms with Crippen molar-refractivity contribution in [1.29, 1.82) is 0 Å². The van der Waals surface area contributed by atoms with E-state index in [4.69, 9.17) is 9.72 Å². The van der Waals surface area contributed by atoms with E-state index in [1.165, 1.54) is 22.3 Å². The second-order valence-electron chi connectivity index (χ2n) is 8.78. The van der Waals surface area contributed by atoms with E-state index in [9.17, 15) is 0 Å². The number of hydrogen-bond donors (Lipinski definition) is 0. The molecule has 0 radical (unpaired) electrons. The first-order valence-corrected chi connectivity index (χ1v) is 12.1. The maximum absolute atomic E-state index is 5.27. The summed E-state index contributed by atoms with van der Waals surface area (Å²) in [6, 6.07) is 40.5. The molecule has 0 aliphatic rings. The third-order valence-corrected chi connectivity index (χ3v) is 6.66. The molecule has 35 heavy (non-hydrogen) atoms. The van der Waals surface area contributed by atoms with Crippen LogP contribution in [0, 0.1) is 0 Å². The smallest absolute Gasteiger partial charge is 0.121 e. The van der Waals surface area contributed by atoms with E-state index in [1.54, 1.807) is 7.11 Å². The monoisotopic (exact) mass is 458 g/mol. The van der Waals surface area contributed by atoms with Gasteiger partial charge in [-0.05, 0) is 53.6 Å². The normalized spacial score (nSPS) is 11.3. The van der Waals surface area contributed by atoms with Gasteiger partial charge in [0.25, 0.3) is 0 Å². The van der Waals surface area contributed by atoms with E-state index < -0.39 is 5.54 Å². The average molecular weight is 459 g/mol. The van der Waals surface area contributed by atoms with Crippen LogP contribution in [0.2, 0.25) is 0 Å². The van der Waals surface area contributed by atoms with E-state index >= 15 is 0 Å². The highest BCUT2D eigenvalue weighted by atomic mass is 16.5. The van der Waals surface area contributed by atoms with Gasteiger partial charge in [-0.1, -0.05) is 103 Å². The van der Waals surface area contributed by atoms with E-state index in [0.717, 1.165) is 30.7 Å². The second-order valence-corrected chi connectivity index (χ2v) is 8.78. The first-order chi connectivity index (χ1) is 17.3. The summed E-state index contributed by atoms with van der Waals surface area (Å²) >= 11 is 0. The van der Waals surface area contributed by atoms with Crippen LogP contribution in [0.5, 0.6) is 5.75 Å². The molecular weight excluding hydrogens is 428 g/mol. The molecule has 0 amide bonds. The fraction of sp³-hybridized carbons (Fsp3) is 0.156. The van der Waals surface area contributed by atoms with Gasteiger partial charge < -0.3 is 9.30 Å². The van der Waals surface area contributed by atoms with Gasteiger partial charge in [-0.2, -0.15) is 0 Å². The van der Waals surface area contributed by atoms with Crippen molar-refractivity contribution in [3.05, 3.63) is 156 Å². The molecule has 174 valence electrons. The number of aromatic nitrogens is 2. The fourth-order valence-electron chi connectivity index (χ4n) is 4.93. The number of methoxy groups -OCH3 is 1. The summed E-state index contributed by atoms with van der Waals surface area (Å²) in [5.41, 5.74) is 5.53. The lowest BCUT2D eigenvalue weighted by Gasteiger charge is -2.37. The Kier molecular flexibility index (Phi) is 6.76. The number of aryl methyl sites for hydroxylation is 2. The Morgan fingerprint density at radius 2 is 1.17 bits per heavy atom. The molecule has 0 unspecified atom stereocenters. The molecule has 0 aliphatic carbocycles. The molecule has 3 nitrogen and oxygen atoms in total. The van der Waals surface area contributed by atoms with E-state index in [-0.39, 0.29) is 0 Å². The minimum atomic E-state index is -0.509. The summed E-state index contributed by atoms with van der Waals surface area (Å²) in [6.07, 6.45) is 7.20. The van der Waals surface area contributed by atoms with Crippen molar-refractivity contribution in [2.24, 2.45) is 0 Å². The van der Waals surface area contributed by atoms with Crippen molar-refractivity contribution in [1.82, 2.24) is 9.55 Å². The lowest BCUT2D eigenvalue weighted by Crippen LogP contribution is -2.36. The number of benzene rings is 4. The maximum Gasteiger partial charge on any atom is 0.121 e. The SMILES string of the molecule is COc1ccc(CCCc2cn(C(c3ccccc3)(c3ccccc3)c3ccccc3)cn2)cc1. The number of hydrogen-bond acceptors (Lipinski definition) is 2. The van der Waals surface area contributed by atoms with Gasteiger partial charge in [-0.15, -0.1) is 0 Å². The first kappa shape index (κ1) is 22.7. The van der Waals surface area contributed by atoms with Crippen molar-refractivity contribution < 1.29 is 4.74 Å². The zero-order valence-electron chi connectivity index (χ0n) is 20.0. The second kappa shape index (κ2) is 10.4. The predicted octanol–water partition coefficient (Wildman–Crippen LogP) is 6.91. The Balaban J connectivity index is 1.50. The van der Waals surface area contributed by atoms with E-state index in [0.29, 0.717) is 0 Å². The third kappa shape index (κ3) is 4.63. The summed E-state index contributed by atoms with van der Waals surface area (Å²) < 4.78 is 7.56. The summed E-state index contributed by atoms with van der Waals surface area (Å²) in [5.74, 6) is 0.895. The Hall–Kier alpha value is -4.11. The van der Waals surface area contributed by atoms with Crippen LogP contribution in [-0.4, -0.2) is 16.7 Å². The number of rotatable bonds is 9. The molecular formula is C32H30N2O. The van der Waals surface area contributed by atoms with Gasteiger partial charge in [0, 0.05) is 6.20 Å². The zero-order chi connectivity index (χ0) is 23.9. The van der Waals surface area contributed by atoms with Gasteiger partial charge in [0.15, 0.2) is 0 Å². The molecule has 5 aromatic rings. The highest BCUT2D eigenvalue weighted by Crippen LogP contribution is 2.40. The molecule has 1 aromatic heterocycles. The summed E-state index contributed by atoms with van der Waals surface area (Å²) in [4.78, 5) is 4.86. The van der Waals surface area contributed by atoms with Gasteiger partial charge in [-0.25, -0.2) is 4.98 Å². The lowest BCUT2D eigenvalue weighted by atomic mass is 9.77. The molecule has 1 heterocycles. The van der Waals surface area contributed by atoms with E-state index in [1.807, 2.05) is 18.5 Å². The molecule has 0 aliphatic heterocycles. The highest BCUT2D eigenvalue weighted by molar-refractivity contribution is 5.50. The highest BCUT2D eigenvalue weighted by Gasteiger charge is 2.38. The minimum absolute atomic E-state index is 0.509. The topological polar surface area (TPSA) is 27.1 Å². The van der Waals surface area contributed by atoms with Crippen LogP contribution in [0.1, 0.15) is 34.4 Å². The molecule has 0 N–H and O–H groups in total. The summed E-state index contributed by atoms with van der Waals surface area (Å²) in [5, 5.41) is 0. The molecule has 0 fully saturated rings. The van der Waals surface area contributed by atoms with Crippen molar-refractivity contribution in [2.75, 3.05) is 7.11 Å². The first-order valence-electron chi connectivity index (χ1n) is 12.1. The van der Waals surface area contributed by atoms with Crippen LogP contribution in [-0.2, 0) is 18.4 Å². The standard InChI is InChI=1S/C32H30N2O/c1-35-31-22-20-26(21-23-31)12-11-19-30-24-34(25-33-30)32(27-13-5-2-6-14-27,28-15-7-3-8-16-28)29-17-9-4-10-18-29/h2-10,13-18,20-25H,11-12,19H2,1H3. The van der Waals surface area contributed by atoms with Crippen LogP contribution in [0.4, 0.5) is 0 Å². The maximum atomic E-state index is 5.27. The number of imidazole rings is 1. The Morgan fingerprint density at radius 1 is 0.657 bits per heavy atom. The number of nitrogens with zero attached hydrogens (tertiary/aromatic N) is 2. The van der Waals surface area contributed by atoms with Gasteiger partial charge >= 0.3 is 0 Å². The van der Waals surface area contributed by atoms with Crippen molar-refractivity contribution in [3.63, 3.8) is 0 Å². The zero-order valence-corrected chi connectivity index (χ0v) is 20.0. The molecule has 0 saturated carbocycles. The molecule has 0 spiro atoms. The molecule has 4 aromatic carbocycles. The van der Waals surface area contributed by atoms with Crippen LogP contribution >= 0.6 is 0 Å². The molecule has 0 atom stereocenters. The van der Waals surface area contributed by atoms with Gasteiger partial charge in [0.05, 0.1) is 19.1 Å². The Morgan fingerprint density at radius 3 is 1.66 bits per heavy atom. The van der Waals surface area contributed by atoms with Crippen LogP contribution in [0.25, 0.3) is 0 Å². The lowest BCUT2D eigenvalue weighted by molar-refractivity contribution is 0.414. The minimum Gasteiger partial charge on any atom is -0.497 e. The Bertz CT molecular complexity index is 1230. The summed E-state index contributed by atoms with van der Waals surface area (Å²) in [6.45, 7) is 0. The largest absolute Gasteiger partial charge is 0.497 e.